The van der Waals surface area contributed by atoms with Gasteiger partial charge in [-0.2, -0.15) is 5.10 Å². The topological polar surface area (TPSA) is 41.5 Å². The Morgan fingerprint density at radius 2 is 2.16 bits per heavy atom. The van der Waals surface area contributed by atoms with Crippen LogP contribution in [0.15, 0.2) is 35.5 Å². The fourth-order valence-corrected chi connectivity index (χ4v) is 2.79. The summed E-state index contributed by atoms with van der Waals surface area (Å²) in [5, 5.41) is 5.00. The number of carbonyl (C=O) groups excluding carboxylic acids is 1. The van der Waals surface area contributed by atoms with Crippen LogP contribution >= 0.6 is 23.2 Å². The number of rotatable bonds is 2. The van der Waals surface area contributed by atoms with E-state index in [4.69, 9.17) is 23.2 Å². The minimum Gasteiger partial charge on any atom is -0.267 e. The predicted molar refractivity (Wildman–Crippen MR) is 76.7 cm³/mol. The molecular weight excluding hydrogens is 283 g/mol. The van der Waals surface area contributed by atoms with Crippen molar-refractivity contribution in [1.29, 1.82) is 0 Å². The number of nitrogens with zero attached hydrogens (tertiary/aromatic N) is 1. The number of halogens is 2. The van der Waals surface area contributed by atoms with Crippen LogP contribution in [0.1, 0.15) is 23.2 Å². The molecule has 0 spiro atoms. The van der Waals surface area contributed by atoms with Gasteiger partial charge < -0.3 is 0 Å². The zero-order valence-corrected chi connectivity index (χ0v) is 11.6. The molecule has 0 aromatic heterocycles. The lowest BCUT2D eigenvalue weighted by atomic mass is 9.74. The molecule has 1 aromatic carbocycles. The van der Waals surface area contributed by atoms with E-state index >= 15 is 0 Å². The van der Waals surface area contributed by atoms with Gasteiger partial charge in [-0.1, -0.05) is 35.4 Å². The van der Waals surface area contributed by atoms with Crippen LogP contribution in [0.25, 0.3) is 0 Å². The second-order valence-corrected chi connectivity index (χ2v) is 5.63. The zero-order chi connectivity index (χ0) is 13.4. The quantitative estimate of drug-likeness (QED) is 0.656. The summed E-state index contributed by atoms with van der Waals surface area (Å²) < 4.78 is 0. The first-order chi connectivity index (χ1) is 9.15. The van der Waals surface area contributed by atoms with E-state index in [9.17, 15) is 4.79 Å². The van der Waals surface area contributed by atoms with Crippen molar-refractivity contribution in [2.75, 3.05) is 0 Å². The molecule has 5 heteroatoms. The monoisotopic (exact) mass is 294 g/mol. The lowest BCUT2D eigenvalue weighted by Gasteiger charge is -2.31. The molecule has 3 rings (SSSR count). The SMILES string of the molecule is O=C(N/N=C1\C[C@@H]2C=CC[C@@H]12)c1ccc(Cl)c(Cl)c1. The van der Waals surface area contributed by atoms with Crippen molar-refractivity contribution in [3.63, 3.8) is 0 Å². The Morgan fingerprint density at radius 3 is 2.89 bits per heavy atom. The number of hydrogen-bond donors (Lipinski definition) is 1. The summed E-state index contributed by atoms with van der Waals surface area (Å²) in [6.45, 7) is 0. The van der Waals surface area contributed by atoms with Crippen molar-refractivity contribution in [2.24, 2.45) is 16.9 Å². The number of carbonyl (C=O) groups is 1. The molecule has 2 aliphatic carbocycles. The molecule has 3 nitrogen and oxygen atoms in total. The number of amides is 1. The molecule has 1 saturated carbocycles. The van der Waals surface area contributed by atoms with E-state index < -0.39 is 0 Å². The molecular formula is C14H12Cl2N2O. The Balaban J connectivity index is 1.65. The van der Waals surface area contributed by atoms with Gasteiger partial charge in [-0.15, -0.1) is 0 Å². The molecule has 1 amide bonds. The molecule has 98 valence electrons. The highest BCUT2D eigenvalue weighted by Gasteiger charge is 2.37. The predicted octanol–water partition coefficient (Wildman–Crippen LogP) is 3.68. The maximum atomic E-state index is 11.9. The largest absolute Gasteiger partial charge is 0.271 e. The van der Waals surface area contributed by atoms with Gasteiger partial charge in [-0.3, -0.25) is 4.79 Å². The molecule has 1 N–H and O–H groups in total. The number of fused-ring (bicyclic) bond motifs is 1. The average molecular weight is 295 g/mol. The van der Waals surface area contributed by atoms with E-state index in [0.717, 1.165) is 18.6 Å². The summed E-state index contributed by atoms with van der Waals surface area (Å²) in [6, 6.07) is 4.77. The third kappa shape index (κ3) is 2.40. The molecule has 2 aliphatic rings. The maximum absolute atomic E-state index is 11.9. The number of allylic oxidation sites excluding steroid dienone is 2. The van der Waals surface area contributed by atoms with E-state index in [2.05, 4.69) is 22.7 Å². The van der Waals surface area contributed by atoms with Crippen LogP contribution in [0, 0.1) is 11.8 Å². The van der Waals surface area contributed by atoms with Crippen molar-refractivity contribution in [2.45, 2.75) is 12.8 Å². The van der Waals surface area contributed by atoms with Crippen LogP contribution in [-0.2, 0) is 0 Å². The molecule has 1 fully saturated rings. The van der Waals surface area contributed by atoms with E-state index in [1.54, 1.807) is 18.2 Å². The molecule has 19 heavy (non-hydrogen) atoms. The Labute approximate surface area is 121 Å². The number of benzene rings is 1. The summed E-state index contributed by atoms with van der Waals surface area (Å²) in [4.78, 5) is 11.9. The summed E-state index contributed by atoms with van der Waals surface area (Å²) in [5.74, 6) is 0.857. The normalized spacial score (nSPS) is 26.1. The van der Waals surface area contributed by atoms with Gasteiger partial charge in [0.15, 0.2) is 0 Å². The van der Waals surface area contributed by atoms with Crippen molar-refractivity contribution >= 4 is 34.8 Å². The van der Waals surface area contributed by atoms with Crippen molar-refractivity contribution in [1.82, 2.24) is 5.43 Å². The van der Waals surface area contributed by atoms with Gasteiger partial charge in [0.05, 0.1) is 10.0 Å². The Hall–Kier alpha value is -1.32. The van der Waals surface area contributed by atoms with E-state index in [-0.39, 0.29) is 5.91 Å². The lowest BCUT2D eigenvalue weighted by molar-refractivity contribution is 0.0954. The fourth-order valence-electron chi connectivity index (χ4n) is 2.49. The maximum Gasteiger partial charge on any atom is 0.271 e. The van der Waals surface area contributed by atoms with Gasteiger partial charge in [0.25, 0.3) is 5.91 Å². The Bertz CT molecular complexity index is 595. The van der Waals surface area contributed by atoms with Crippen LogP contribution in [0.3, 0.4) is 0 Å². The molecule has 2 atom stereocenters. The van der Waals surface area contributed by atoms with Crippen molar-refractivity contribution in [3.05, 3.63) is 46.0 Å². The first kappa shape index (κ1) is 12.7. The van der Waals surface area contributed by atoms with Crippen LogP contribution < -0.4 is 5.43 Å². The second kappa shape index (κ2) is 4.99. The van der Waals surface area contributed by atoms with Crippen molar-refractivity contribution in [3.8, 4) is 0 Å². The van der Waals surface area contributed by atoms with Crippen LogP contribution in [0.2, 0.25) is 10.0 Å². The number of hydrogen-bond acceptors (Lipinski definition) is 2. The first-order valence-corrected chi connectivity index (χ1v) is 6.89. The lowest BCUT2D eigenvalue weighted by Crippen LogP contribution is -2.35. The molecule has 0 bridgehead atoms. The minimum absolute atomic E-state index is 0.263. The Kier molecular flexibility index (Phi) is 3.33. The van der Waals surface area contributed by atoms with Crippen molar-refractivity contribution < 1.29 is 4.79 Å². The summed E-state index contributed by atoms with van der Waals surface area (Å²) in [7, 11) is 0. The number of nitrogens with one attached hydrogen (secondary N) is 1. The molecule has 0 aliphatic heterocycles. The molecule has 1 aromatic rings. The first-order valence-electron chi connectivity index (χ1n) is 6.13. The van der Waals surface area contributed by atoms with Gasteiger partial charge in [0.1, 0.15) is 0 Å². The highest BCUT2D eigenvalue weighted by Crippen LogP contribution is 2.40. The fraction of sp³-hybridized carbons (Fsp3) is 0.286. The van der Waals surface area contributed by atoms with Crippen LogP contribution in [0.4, 0.5) is 0 Å². The second-order valence-electron chi connectivity index (χ2n) is 4.81. The summed E-state index contributed by atoms with van der Waals surface area (Å²) in [6.07, 6.45) is 6.39. The van der Waals surface area contributed by atoms with E-state index in [0.29, 0.717) is 27.4 Å². The molecule has 0 radical (unpaired) electrons. The van der Waals surface area contributed by atoms with Gasteiger partial charge in [-0.25, -0.2) is 5.43 Å². The third-order valence-electron chi connectivity index (χ3n) is 3.65. The van der Waals surface area contributed by atoms with E-state index in [1.165, 1.54) is 0 Å². The summed E-state index contributed by atoms with van der Waals surface area (Å²) in [5.41, 5.74) is 4.11. The smallest absolute Gasteiger partial charge is 0.267 e. The average Bonchev–Trinajstić information content (AvgIpc) is 2.74. The minimum atomic E-state index is -0.263. The molecule has 0 heterocycles. The van der Waals surface area contributed by atoms with Gasteiger partial charge in [0, 0.05) is 17.2 Å². The highest BCUT2D eigenvalue weighted by molar-refractivity contribution is 6.42. The van der Waals surface area contributed by atoms with Gasteiger partial charge >= 0.3 is 0 Å². The van der Waals surface area contributed by atoms with Gasteiger partial charge in [-0.05, 0) is 37.0 Å². The van der Waals surface area contributed by atoms with Gasteiger partial charge in [0.2, 0.25) is 0 Å². The standard InChI is InChI=1S/C14H12Cl2N2O/c15-11-5-4-9(6-12(11)16)14(19)18-17-13-7-8-2-1-3-10(8)13/h1-2,4-6,8,10H,3,7H2,(H,18,19)/b17-13+/t8-,10+/m0/s1. The van der Waals surface area contributed by atoms with Crippen LogP contribution in [0.5, 0.6) is 0 Å². The number of hydrazone groups is 1. The third-order valence-corrected chi connectivity index (χ3v) is 4.38. The highest BCUT2D eigenvalue weighted by atomic mass is 35.5. The Morgan fingerprint density at radius 1 is 1.32 bits per heavy atom. The van der Waals surface area contributed by atoms with E-state index in [1.807, 2.05) is 0 Å². The summed E-state index contributed by atoms with van der Waals surface area (Å²) >= 11 is 11.7. The van der Waals surface area contributed by atoms with Crippen LogP contribution in [-0.4, -0.2) is 11.6 Å². The zero-order valence-electron chi connectivity index (χ0n) is 10.1. The molecule has 0 unspecified atom stereocenters. The molecule has 0 saturated heterocycles.